The fourth-order valence-electron chi connectivity index (χ4n) is 4.91. The van der Waals surface area contributed by atoms with Gasteiger partial charge in [-0.3, -0.25) is 4.79 Å². The van der Waals surface area contributed by atoms with Gasteiger partial charge in [0.1, 0.15) is 35.1 Å². The van der Waals surface area contributed by atoms with E-state index in [2.05, 4.69) is 0 Å². The smallest absolute Gasteiger partial charge is 0.306 e. The maximum atomic E-state index is 14.8. The maximum absolute atomic E-state index is 14.8. The Morgan fingerprint density at radius 1 is 1.06 bits per heavy atom. The van der Waals surface area contributed by atoms with Gasteiger partial charge >= 0.3 is 5.97 Å². The van der Waals surface area contributed by atoms with Crippen LogP contribution in [0.15, 0.2) is 48.5 Å². The van der Waals surface area contributed by atoms with E-state index in [1.807, 2.05) is 6.07 Å². The van der Waals surface area contributed by atoms with Crippen molar-refractivity contribution in [3.8, 4) is 11.5 Å². The van der Waals surface area contributed by atoms with Gasteiger partial charge in [-0.25, -0.2) is 13.2 Å². The van der Waals surface area contributed by atoms with Crippen molar-refractivity contribution in [2.24, 2.45) is 0 Å². The van der Waals surface area contributed by atoms with E-state index >= 15 is 0 Å². The molecule has 0 N–H and O–H groups in total. The zero-order chi connectivity index (χ0) is 23.8. The molecule has 34 heavy (non-hydrogen) atoms. The summed E-state index contributed by atoms with van der Waals surface area (Å²) in [6.07, 6.45) is 1.25. The van der Waals surface area contributed by atoms with Crippen LogP contribution in [0, 0.1) is 17.5 Å². The maximum Gasteiger partial charge on any atom is 0.306 e. The van der Waals surface area contributed by atoms with Gasteiger partial charge in [0, 0.05) is 29.2 Å². The Morgan fingerprint density at radius 3 is 2.62 bits per heavy atom. The molecule has 176 valence electrons. The van der Waals surface area contributed by atoms with Crippen LogP contribution in [-0.4, -0.2) is 19.7 Å². The number of benzene rings is 3. The second-order valence-electron chi connectivity index (χ2n) is 8.69. The Bertz CT molecular complexity index is 1240. The van der Waals surface area contributed by atoms with E-state index in [-0.39, 0.29) is 24.1 Å². The van der Waals surface area contributed by atoms with Crippen molar-refractivity contribution in [3.63, 3.8) is 0 Å². The molecule has 0 radical (unpaired) electrons. The number of fused-ring (bicyclic) bond motifs is 2. The lowest BCUT2D eigenvalue weighted by atomic mass is 9.96. The fourth-order valence-corrected chi connectivity index (χ4v) is 4.91. The quantitative estimate of drug-likeness (QED) is 0.429. The summed E-state index contributed by atoms with van der Waals surface area (Å²) in [4.78, 5) is 11.6. The molecule has 0 spiro atoms. The van der Waals surface area contributed by atoms with Gasteiger partial charge in [0.25, 0.3) is 0 Å². The molecule has 2 aliphatic rings. The average molecular weight is 468 g/mol. The summed E-state index contributed by atoms with van der Waals surface area (Å²) >= 11 is 0. The number of esters is 1. The average Bonchev–Trinajstić information content (AvgIpc) is 3.40. The summed E-state index contributed by atoms with van der Waals surface area (Å²) in [5.41, 5.74) is 3.55. The molecule has 0 fully saturated rings. The Labute approximate surface area is 195 Å². The first-order valence-corrected chi connectivity index (χ1v) is 11.2. The van der Waals surface area contributed by atoms with E-state index in [9.17, 15) is 18.0 Å². The predicted molar refractivity (Wildman–Crippen MR) is 119 cm³/mol. The van der Waals surface area contributed by atoms with Gasteiger partial charge < -0.3 is 14.2 Å². The molecular weight excluding hydrogens is 445 g/mol. The second-order valence-corrected chi connectivity index (χ2v) is 8.69. The van der Waals surface area contributed by atoms with Crippen LogP contribution >= 0.6 is 0 Å². The lowest BCUT2D eigenvalue weighted by Gasteiger charge is -2.17. The Kier molecular flexibility index (Phi) is 5.94. The summed E-state index contributed by atoms with van der Waals surface area (Å²) < 4.78 is 58.7. The van der Waals surface area contributed by atoms with Crippen molar-refractivity contribution in [2.45, 2.75) is 37.7 Å². The van der Waals surface area contributed by atoms with Crippen LogP contribution in [0.2, 0.25) is 0 Å². The van der Waals surface area contributed by atoms with Crippen molar-refractivity contribution in [3.05, 3.63) is 93.8 Å². The first kappa shape index (κ1) is 22.3. The predicted octanol–water partition coefficient (Wildman–Crippen LogP) is 5.80. The molecule has 1 unspecified atom stereocenters. The third kappa shape index (κ3) is 4.34. The molecule has 3 aromatic carbocycles. The van der Waals surface area contributed by atoms with Crippen LogP contribution in [-0.2, 0) is 22.4 Å². The highest BCUT2D eigenvalue weighted by Gasteiger charge is 2.31. The molecule has 1 aliphatic carbocycles. The molecule has 3 aromatic rings. The molecule has 2 atom stereocenters. The number of ether oxygens (including phenoxy) is 3. The number of rotatable bonds is 6. The number of methoxy groups -OCH3 is 1. The second kappa shape index (κ2) is 9.05. The molecule has 4 nitrogen and oxygen atoms in total. The monoisotopic (exact) mass is 468 g/mol. The fraction of sp³-hybridized carbons (Fsp3) is 0.296. The molecule has 0 saturated heterocycles. The number of hydrogen-bond donors (Lipinski definition) is 0. The zero-order valence-electron chi connectivity index (χ0n) is 18.6. The highest BCUT2D eigenvalue weighted by molar-refractivity contribution is 5.71. The van der Waals surface area contributed by atoms with Gasteiger partial charge in [-0.15, -0.1) is 0 Å². The normalized spacial score (nSPS) is 18.2. The van der Waals surface area contributed by atoms with Crippen LogP contribution in [0.4, 0.5) is 13.2 Å². The van der Waals surface area contributed by atoms with Gasteiger partial charge in [-0.1, -0.05) is 12.1 Å². The molecule has 0 saturated carbocycles. The van der Waals surface area contributed by atoms with E-state index in [1.165, 1.54) is 25.3 Å². The van der Waals surface area contributed by atoms with Crippen LogP contribution < -0.4 is 9.47 Å². The number of hydrogen-bond acceptors (Lipinski definition) is 4. The number of halogens is 3. The Morgan fingerprint density at radius 2 is 1.85 bits per heavy atom. The van der Waals surface area contributed by atoms with Crippen molar-refractivity contribution in [1.29, 1.82) is 0 Å². The zero-order valence-corrected chi connectivity index (χ0v) is 18.6. The van der Waals surface area contributed by atoms with E-state index in [4.69, 9.17) is 14.2 Å². The summed E-state index contributed by atoms with van der Waals surface area (Å²) in [7, 11) is 1.36. The summed E-state index contributed by atoms with van der Waals surface area (Å²) in [5.74, 6) is -0.806. The van der Waals surface area contributed by atoms with E-state index in [0.717, 1.165) is 22.8 Å². The SMILES string of the molecule is COC(=O)CC1COc2cc(O[C@@H]3CCc4c(Cc5cc(F)cc(F)c5)ccc(F)c43)ccc21. The van der Waals surface area contributed by atoms with E-state index < -0.39 is 17.7 Å². The third-order valence-electron chi connectivity index (χ3n) is 6.48. The standard InChI is InChI=1S/C27H23F3O4/c1-32-26(31)11-17-14-33-25-13-20(3-4-21(17)25)34-24-7-5-22-16(2-6-23(30)27(22)24)8-15-9-18(28)12-19(29)10-15/h2-4,6,9-10,12-13,17,24H,5,7-8,11,14H2,1H3/t17?,24-/m1/s1. The van der Waals surface area contributed by atoms with Crippen molar-refractivity contribution in [2.75, 3.05) is 13.7 Å². The van der Waals surface area contributed by atoms with Crippen LogP contribution in [0.25, 0.3) is 0 Å². The Balaban J connectivity index is 1.36. The number of carbonyl (C=O) groups excluding carboxylic acids is 1. The minimum atomic E-state index is -0.636. The highest BCUT2D eigenvalue weighted by Crippen LogP contribution is 2.42. The number of carbonyl (C=O) groups is 1. The van der Waals surface area contributed by atoms with Crippen molar-refractivity contribution >= 4 is 5.97 Å². The molecular formula is C27H23F3O4. The van der Waals surface area contributed by atoms with E-state index in [0.29, 0.717) is 48.5 Å². The molecule has 1 heterocycles. The summed E-state index contributed by atoms with van der Waals surface area (Å²) in [6.45, 7) is 0.388. The Hall–Kier alpha value is -3.48. The largest absolute Gasteiger partial charge is 0.492 e. The van der Waals surface area contributed by atoms with Gasteiger partial charge in [-0.05, 0) is 60.2 Å². The van der Waals surface area contributed by atoms with E-state index in [1.54, 1.807) is 18.2 Å². The molecule has 0 bridgehead atoms. The van der Waals surface area contributed by atoms with Crippen molar-refractivity contribution < 1.29 is 32.2 Å². The topological polar surface area (TPSA) is 44.8 Å². The molecule has 1 aliphatic heterocycles. The molecule has 0 amide bonds. The first-order chi connectivity index (χ1) is 16.4. The molecule has 5 rings (SSSR count). The minimum Gasteiger partial charge on any atom is -0.492 e. The highest BCUT2D eigenvalue weighted by atomic mass is 19.1. The third-order valence-corrected chi connectivity index (χ3v) is 6.48. The lowest BCUT2D eigenvalue weighted by molar-refractivity contribution is -0.141. The van der Waals surface area contributed by atoms with Gasteiger partial charge in [0.2, 0.25) is 0 Å². The van der Waals surface area contributed by atoms with Crippen LogP contribution in [0.3, 0.4) is 0 Å². The molecule has 0 aromatic heterocycles. The van der Waals surface area contributed by atoms with Gasteiger partial charge in [0.15, 0.2) is 0 Å². The summed E-state index contributed by atoms with van der Waals surface area (Å²) in [6, 6.07) is 11.9. The first-order valence-electron chi connectivity index (χ1n) is 11.2. The molecule has 7 heteroatoms. The van der Waals surface area contributed by atoms with Gasteiger partial charge in [-0.2, -0.15) is 0 Å². The minimum absolute atomic E-state index is 0.0728. The van der Waals surface area contributed by atoms with Crippen LogP contribution in [0.5, 0.6) is 11.5 Å². The van der Waals surface area contributed by atoms with Gasteiger partial charge in [0.05, 0.1) is 20.1 Å². The van der Waals surface area contributed by atoms with Crippen molar-refractivity contribution in [1.82, 2.24) is 0 Å². The van der Waals surface area contributed by atoms with Crippen LogP contribution in [0.1, 0.15) is 52.7 Å². The summed E-state index contributed by atoms with van der Waals surface area (Å²) in [5, 5.41) is 0. The lowest BCUT2D eigenvalue weighted by Crippen LogP contribution is -2.09.